The molecule has 1 heterocycles. The molecule has 18 heavy (non-hydrogen) atoms. The summed E-state index contributed by atoms with van der Waals surface area (Å²) in [5.74, 6) is -0.788. The summed E-state index contributed by atoms with van der Waals surface area (Å²) >= 11 is 0. The number of rotatable bonds is 4. The first kappa shape index (κ1) is 13.3. The fourth-order valence-corrected chi connectivity index (χ4v) is 2.80. The van der Waals surface area contributed by atoms with Crippen LogP contribution in [-0.2, 0) is 14.3 Å². The smallest absolute Gasteiger partial charge is 0.306 e. The van der Waals surface area contributed by atoms with Crippen molar-refractivity contribution in [3.05, 3.63) is 0 Å². The Kier molecular flexibility index (Phi) is 4.58. The molecule has 0 aromatic carbocycles. The van der Waals surface area contributed by atoms with Crippen LogP contribution < -0.4 is 5.32 Å². The van der Waals surface area contributed by atoms with Crippen molar-refractivity contribution >= 4 is 11.9 Å². The molecule has 1 saturated carbocycles. The Morgan fingerprint density at radius 2 is 2.00 bits per heavy atom. The zero-order valence-corrected chi connectivity index (χ0v) is 10.6. The van der Waals surface area contributed by atoms with E-state index in [1.807, 2.05) is 0 Å². The van der Waals surface area contributed by atoms with Gasteiger partial charge < -0.3 is 15.2 Å². The van der Waals surface area contributed by atoms with Crippen LogP contribution in [0.5, 0.6) is 0 Å². The molecule has 1 unspecified atom stereocenters. The first-order chi connectivity index (χ1) is 8.66. The van der Waals surface area contributed by atoms with Crippen molar-refractivity contribution in [1.82, 2.24) is 5.32 Å². The van der Waals surface area contributed by atoms with Gasteiger partial charge in [0.2, 0.25) is 5.91 Å². The van der Waals surface area contributed by atoms with Gasteiger partial charge in [0.15, 0.2) is 0 Å². The Balaban J connectivity index is 1.70. The lowest BCUT2D eigenvalue weighted by Crippen LogP contribution is -2.36. The molecule has 0 radical (unpaired) electrons. The standard InChI is InChI=1S/C13H21NO4/c15-12(10-3-4-11(6-10)13(16)17)14-7-9-2-1-5-18-8-9/h9-11H,1-8H2,(H,14,15)(H,16,17)/t9?,10-,11+/m1/s1. The maximum absolute atomic E-state index is 11.9. The van der Waals surface area contributed by atoms with Crippen LogP contribution >= 0.6 is 0 Å². The number of amides is 1. The van der Waals surface area contributed by atoms with Crippen LogP contribution in [0.3, 0.4) is 0 Å². The van der Waals surface area contributed by atoms with Crippen molar-refractivity contribution in [2.24, 2.45) is 17.8 Å². The molecule has 3 atom stereocenters. The van der Waals surface area contributed by atoms with Crippen LogP contribution in [0.1, 0.15) is 32.1 Å². The van der Waals surface area contributed by atoms with Crippen molar-refractivity contribution in [3.63, 3.8) is 0 Å². The van der Waals surface area contributed by atoms with Crippen molar-refractivity contribution < 1.29 is 19.4 Å². The maximum Gasteiger partial charge on any atom is 0.306 e. The molecule has 2 aliphatic rings. The Morgan fingerprint density at radius 3 is 2.61 bits per heavy atom. The summed E-state index contributed by atoms with van der Waals surface area (Å²) in [6.45, 7) is 2.21. The highest BCUT2D eigenvalue weighted by Gasteiger charge is 2.33. The van der Waals surface area contributed by atoms with E-state index in [0.29, 0.717) is 31.7 Å². The van der Waals surface area contributed by atoms with E-state index in [9.17, 15) is 9.59 Å². The number of carbonyl (C=O) groups is 2. The summed E-state index contributed by atoms with van der Waals surface area (Å²) in [5, 5.41) is 11.8. The second-order valence-electron chi connectivity index (χ2n) is 5.37. The number of aliphatic carboxylic acids is 1. The summed E-state index contributed by atoms with van der Waals surface area (Å²) < 4.78 is 5.36. The lowest BCUT2D eigenvalue weighted by Gasteiger charge is -2.23. The number of carboxylic acid groups (broad SMARTS) is 1. The molecule has 2 N–H and O–H groups in total. The quantitative estimate of drug-likeness (QED) is 0.786. The molecule has 0 spiro atoms. The number of nitrogens with one attached hydrogen (secondary N) is 1. The van der Waals surface area contributed by atoms with Gasteiger partial charge in [-0.1, -0.05) is 0 Å². The zero-order valence-electron chi connectivity index (χ0n) is 10.6. The summed E-state index contributed by atoms with van der Waals surface area (Å²) in [6, 6.07) is 0. The maximum atomic E-state index is 11.9. The van der Waals surface area contributed by atoms with E-state index in [-0.39, 0.29) is 17.7 Å². The normalized spacial score (nSPS) is 32.1. The molecule has 5 nitrogen and oxygen atoms in total. The first-order valence-electron chi connectivity index (χ1n) is 6.75. The highest BCUT2D eigenvalue weighted by atomic mass is 16.5. The topological polar surface area (TPSA) is 75.6 Å². The summed E-state index contributed by atoms with van der Waals surface area (Å²) in [7, 11) is 0. The molecule has 1 aliphatic heterocycles. The van der Waals surface area contributed by atoms with Gasteiger partial charge in [-0.15, -0.1) is 0 Å². The summed E-state index contributed by atoms with van der Waals surface area (Å²) in [6.07, 6.45) is 3.97. The number of carboxylic acids is 1. The van der Waals surface area contributed by atoms with Gasteiger partial charge in [-0.3, -0.25) is 9.59 Å². The van der Waals surface area contributed by atoms with E-state index in [2.05, 4.69) is 5.32 Å². The largest absolute Gasteiger partial charge is 0.481 e. The molecule has 1 saturated heterocycles. The monoisotopic (exact) mass is 255 g/mol. The van der Waals surface area contributed by atoms with Crippen molar-refractivity contribution in [2.75, 3.05) is 19.8 Å². The van der Waals surface area contributed by atoms with Crippen LogP contribution in [0.25, 0.3) is 0 Å². The number of carbonyl (C=O) groups excluding carboxylic acids is 1. The van der Waals surface area contributed by atoms with Crippen LogP contribution in [0.4, 0.5) is 0 Å². The van der Waals surface area contributed by atoms with Gasteiger partial charge in [-0.25, -0.2) is 0 Å². The number of hydrogen-bond acceptors (Lipinski definition) is 3. The molecule has 0 bridgehead atoms. The minimum atomic E-state index is -0.772. The summed E-state index contributed by atoms with van der Waals surface area (Å²) in [4.78, 5) is 22.7. The summed E-state index contributed by atoms with van der Waals surface area (Å²) in [5.41, 5.74) is 0. The third-order valence-electron chi connectivity index (χ3n) is 3.97. The van der Waals surface area contributed by atoms with Crippen molar-refractivity contribution in [1.29, 1.82) is 0 Å². The van der Waals surface area contributed by atoms with Crippen LogP contribution in [0.2, 0.25) is 0 Å². The Hall–Kier alpha value is -1.10. The predicted molar refractivity (Wildman–Crippen MR) is 65.0 cm³/mol. The highest BCUT2D eigenvalue weighted by molar-refractivity contribution is 5.80. The average molecular weight is 255 g/mol. The van der Waals surface area contributed by atoms with Gasteiger partial charge in [0.05, 0.1) is 12.5 Å². The lowest BCUT2D eigenvalue weighted by molar-refractivity contribution is -0.141. The molecule has 1 aliphatic carbocycles. The molecule has 5 heteroatoms. The third kappa shape index (κ3) is 3.45. The van der Waals surface area contributed by atoms with E-state index < -0.39 is 5.97 Å². The Bertz CT molecular complexity index is 312. The molecule has 0 aromatic heterocycles. The Labute approximate surface area is 107 Å². The van der Waals surface area contributed by atoms with Gasteiger partial charge in [0.25, 0.3) is 0 Å². The fourth-order valence-electron chi connectivity index (χ4n) is 2.80. The number of hydrogen-bond donors (Lipinski definition) is 2. The first-order valence-corrected chi connectivity index (χ1v) is 6.75. The van der Waals surface area contributed by atoms with Crippen LogP contribution in [0.15, 0.2) is 0 Å². The lowest BCUT2D eigenvalue weighted by atomic mass is 10.0. The van der Waals surface area contributed by atoms with Crippen LogP contribution in [0, 0.1) is 17.8 Å². The van der Waals surface area contributed by atoms with Gasteiger partial charge in [0, 0.05) is 19.1 Å². The molecule has 1 amide bonds. The Morgan fingerprint density at radius 1 is 1.22 bits per heavy atom. The zero-order chi connectivity index (χ0) is 13.0. The molecular formula is C13H21NO4. The van der Waals surface area contributed by atoms with E-state index in [4.69, 9.17) is 9.84 Å². The van der Waals surface area contributed by atoms with E-state index in [1.165, 1.54) is 0 Å². The molecule has 2 fully saturated rings. The van der Waals surface area contributed by atoms with E-state index >= 15 is 0 Å². The minimum Gasteiger partial charge on any atom is -0.481 e. The second-order valence-corrected chi connectivity index (χ2v) is 5.37. The van der Waals surface area contributed by atoms with Gasteiger partial charge >= 0.3 is 5.97 Å². The number of ether oxygens (including phenoxy) is 1. The van der Waals surface area contributed by atoms with E-state index in [1.54, 1.807) is 0 Å². The second kappa shape index (κ2) is 6.18. The minimum absolute atomic E-state index is 0.0179. The van der Waals surface area contributed by atoms with Crippen LogP contribution in [-0.4, -0.2) is 36.7 Å². The predicted octanol–water partition coefficient (Wildman–Crippen LogP) is 1.03. The van der Waals surface area contributed by atoms with Crippen molar-refractivity contribution in [3.8, 4) is 0 Å². The average Bonchev–Trinajstić information content (AvgIpc) is 2.87. The SMILES string of the molecule is O=C(O)[C@H]1CC[C@@H](C(=O)NCC2CCCOC2)C1. The molecule has 102 valence electrons. The van der Waals surface area contributed by atoms with E-state index in [0.717, 1.165) is 26.1 Å². The molecule has 2 rings (SSSR count). The highest BCUT2D eigenvalue weighted by Crippen LogP contribution is 2.31. The molecular weight excluding hydrogens is 234 g/mol. The van der Waals surface area contributed by atoms with Gasteiger partial charge in [-0.2, -0.15) is 0 Å². The molecule has 0 aromatic rings. The van der Waals surface area contributed by atoms with Crippen molar-refractivity contribution in [2.45, 2.75) is 32.1 Å². The van der Waals surface area contributed by atoms with Gasteiger partial charge in [0.1, 0.15) is 0 Å². The third-order valence-corrected chi connectivity index (χ3v) is 3.97. The fraction of sp³-hybridized carbons (Fsp3) is 0.846. The van der Waals surface area contributed by atoms with Gasteiger partial charge in [-0.05, 0) is 38.0 Å².